The fourth-order valence-electron chi connectivity index (χ4n) is 1.95. The Hall–Kier alpha value is -1.88. The van der Waals surface area contributed by atoms with Gasteiger partial charge in [0.15, 0.2) is 0 Å². The molecule has 17 heavy (non-hydrogen) atoms. The Morgan fingerprint density at radius 3 is 2.94 bits per heavy atom. The van der Waals surface area contributed by atoms with Gasteiger partial charge in [0.05, 0.1) is 16.1 Å². The van der Waals surface area contributed by atoms with Crippen molar-refractivity contribution in [3.05, 3.63) is 41.4 Å². The fourth-order valence-corrected chi connectivity index (χ4v) is 3.19. The SMILES string of the molecule is O=S1(=O)C=CCc2nc3cccc(O)c3cc21. The normalized spacial score (nSPS) is 16.9. The van der Waals surface area contributed by atoms with Crippen molar-refractivity contribution in [2.75, 3.05) is 0 Å². The standard InChI is InChI=1S/C12H9NO3S/c14-11-5-1-3-9-8(11)7-12-10(13-9)4-2-6-17(12,15)16/h1-3,5-7,14H,4H2. The van der Waals surface area contributed by atoms with Crippen LogP contribution in [0.3, 0.4) is 0 Å². The zero-order valence-electron chi connectivity index (χ0n) is 8.79. The summed E-state index contributed by atoms with van der Waals surface area (Å²) in [4.78, 5) is 4.47. The van der Waals surface area contributed by atoms with Gasteiger partial charge >= 0.3 is 0 Å². The highest BCUT2D eigenvalue weighted by atomic mass is 32.2. The van der Waals surface area contributed by atoms with Gasteiger partial charge in [0, 0.05) is 17.2 Å². The van der Waals surface area contributed by atoms with Crippen molar-refractivity contribution in [2.45, 2.75) is 11.3 Å². The monoisotopic (exact) mass is 247 g/mol. The van der Waals surface area contributed by atoms with Gasteiger partial charge in [0.1, 0.15) is 5.75 Å². The van der Waals surface area contributed by atoms with E-state index in [-0.39, 0.29) is 10.6 Å². The lowest BCUT2D eigenvalue weighted by atomic mass is 10.1. The smallest absolute Gasteiger partial charge is 0.201 e. The number of phenolic OH excluding ortho intramolecular Hbond substituents is 1. The van der Waals surface area contributed by atoms with Gasteiger partial charge < -0.3 is 5.11 Å². The summed E-state index contributed by atoms with van der Waals surface area (Å²) in [6.07, 6.45) is 2.08. The molecular weight excluding hydrogens is 238 g/mol. The van der Waals surface area contributed by atoms with Crippen LogP contribution in [0.2, 0.25) is 0 Å². The second-order valence-electron chi connectivity index (χ2n) is 3.90. The molecule has 0 amide bonds. The van der Waals surface area contributed by atoms with Crippen LogP contribution in [0.5, 0.6) is 5.75 Å². The van der Waals surface area contributed by atoms with Crippen LogP contribution < -0.4 is 0 Å². The predicted octanol–water partition coefficient (Wildman–Crippen LogP) is 1.78. The molecule has 5 heteroatoms. The van der Waals surface area contributed by atoms with Crippen LogP contribution in [0.15, 0.2) is 40.6 Å². The summed E-state index contributed by atoms with van der Waals surface area (Å²) in [6.45, 7) is 0. The molecule has 2 heterocycles. The summed E-state index contributed by atoms with van der Waals surface area (Å²) in [5.41, 5.74) is 1.14. The van der Waals surface area contributed by atoms with Crippen LogP contribution in [-0.4, -0.2) is 18.5 Å². The highest BCUT2D eigenvalue weighted by molar-refractivity contribution is 7.94. The Labute approximate surface area is 98.2 Å². The Morgan fingerprint density at radius 1 is 1.29 bits per heavy atom. The first-order chi connectivity index (χ1) is 8.08. The summed E-state index contributed by atoms with van der Waals surface area (Å²) in [5.74, 6) is 0.0440. The molecule has 4 nitrogen and oxygen atoms in total. The summed E-state index contributed by atoms with van der Waals surface area (Å²) in [6, 6.07) is 6.44. The lowest BCUT2D eigenvalue weighted by Gasteiger charge is -2.12. The second-order valence-corrected chi connectivity index (χ2v) is 5.70. The van der Waals surface area contributed by atoms with Crippen LogP contribution in [0, 0.1) is 0 Å². The topological polar surface area (TPSA) is 67.3 Å². The number of rotatable bonds is 0. The molecule has 1 aliphatic rings. The first-order valence-electron chi connectivity index (χ1n) is 5.11. The molecule has 0 aliphatic carbocycles. The van der Waals surface area contributed by atoms with E-state index in [0.29, 0.717) is 23.0 Å². The van der Waals surface area contributed by atoms with Crippen LogP contribution in [-0.2, 0) is 16.3 Å². The third kappa shape index (κ3) is 1.51. The maximum absolute atomic E-state index is 11.8. The molecule has 0 saturated heterocycles. The maximum atomic E-state index is 11.8. The minimum atomic E-state index is -3.40. The molecule has 1 aromatic carbocycles. The number of phenols is 1. The van der Waals surface area contributed by atoms with E-state index < -0.39 is 9.84 Å². The number of benzene rings is 1. The molecule has 1 aromatic heterocycles. The minimum Gasteiger partial charge on any atom is -0.507 e. The average Bonchev–Trinajstić information content (AvgIpc) is 2.27. The van der Waals surface area contributed by atoms with Gasteiger partial charge in [-0.2, -0.15) is 0 Å². The van der Waals surface area contributed by atoms with Crippen LogP contribution in [0.1, 0.15) is 5.69 Å². The molecule has 0 saturated carbocycles. The predicted molar refractivity (Wildman–Crippen MR) is 63.4 cm³/mol. The maximum Gasteiger partial charge on any atom is 0.201 e. The number of hydrogen-bond donors (Lipinski definition) is 1. The van der Waals surface area contributed by atoms with E-state index in [1.54, 1.807) is 18.2 Å². The highest BCUT2D eigenvalue weighted by Crippen LogP contribution is 2.30. The van der Waals surface area contributed by atoms with Gasteiger partial charge in [0.2, 0.25) is 9.84 Å². The Balaban J connectivity index is 2.44. The lowest BCUT2D eigenvalue weighted by molar-refractivity contribution is 0.481. The quantitative estimate of drug-likeness (QED) is 0.770. The van der Waals surface area contributed by atoms with Crippen LogP contribution in [0.25, 0.3) is 10.9 Å². The molecule has 0 bridgehead atoms. The number of aromatic nitrogens is 1. The third-order valence-corrected chi connectivity index (χ3v) is 4.29. The number of aromatic hydroxyl groups is 1. The number of allylic oxidation sites excluding steroid dienone is 1. The Morgan fingerprint density at radius 2 is 2.12 bits per heavy atom. The van der Waals surface area contributed by atoms with Crippen LogP contribution >= 0.6 is 0 Å². The highest BCUT2D eigenvalue weighted by Gasteiger charge is 2.21. The zero-order chi connectivity index (χ0) is 12.0. The number of sulfone groups is 1. The number of hydrogen-bond acceptors (Lipinski definition) is 4. The van der Waals surface area contributed by atoms with Crippen LogP contribution in [0.4, 0.5) is 0 Å². The van der Waals surface area contributed by atoms with E-state index in [9.17, 15) is 13.5 Å². The molecular formula is C12H9NO3S. The number of pyridine rings is 1. The molecule has 1 aliphatic heterocycles. The Bertz CT molecular complexity index is 748. The molecule has 3 rings (SSSR count). The Kier molecular flexibility index (Phi) is 2.00. The molecule has 0 spiro atoms. The van der Waals surface area contributed by atoms with Crippen molar-refractivity contribution in [1.82, 2.24) is 4.98 Å². The first kappa shape index (κ1) is 10.3. The summed E-state index contributed by atoms with van der Waals surface area (Å²) in [7, 11) is -3.40. The number of fused-ring (bicyclic) bond motifs is 2. The van der Waals surface area contributed by atoms with Gasteiger partial charge in [-0.15, -0.1) is 0 Å². The van der Waals surface area contributed by atoms with Crippen molar-refractivity contribution >= 4 is 20.7 Å². The van der Waals surface area contributed by atoms with E-state index in [1.807, 2.05) is 0 Å². The lowest BCUT2D eigenvalue weighted by Crippen LogP contribution is -2.08. The third-order valence-electron chi connectivity index (χ3n) is 2.77. The molecule has 2 aromatic rings. The van der Waals surface area contributed by atoms with E-state index in [2.05, 4.69) is 4.98 Å². The van der Waals surface area contributed by atoms with Crippen molar-refractivity contribution in [3.63, 3.8) is 0 Å². The molecule has 86 valence electrons. The van der Waals surface area contributed by atoms with E-state index in [1.165, 1.54) is 17.5 Å². The van der Waals surface area contributed by atoms with Gasteiger partial charge in [0.25, 0.3) is 0 Å². The van der Waals surface area contributed by atoms with Gasteiger partial charge in [-0.3, -0.25) is 4.98 Å². The molecule has 1 N–H and O–H groups in total. The van der Waals surface area contributed by atoms with Crippen molar-refractivity contribution < 1.29 is 13.5 Å². The largest absolute Gasteiger partial charge is 0.507 e. The molecule has 0 fully saturated rings. The van der Waals surface area contributed by atoms with E-state index >= 15 is 0 Å². The van der Waals surface area contributed by atoms with Gasteiger partial charge in [-0.25, -0.2) is 8.42 Å². The molecule has 0 radical (unpaired) electrons. The van der Waals surface area contributed by atoms with Crippen molar-refractivity contribution in [3.8, 4) is 5.75 Å². The minimum absolute atomic E-state index is 0.0440. The average molecular weight is 247 g/mol. The summed E-state index contributed by atoms with van der Waals surface area (Å²) < 4.78 is 23.6. The second kappa shape index (κ2) is 3.30. The van der Waals surface area contributed by atoms with Crippen molar-refractivity contribution in [2.24, 2.45) is 0 Å². The van der Waals surface area contributed by atoms with Gasteiger partial charge in [-0.1, -0.05) is 12.1 Å². The summed E-state index contributed by atoms with van der Waals surface area (Å²) in [5, 5.41) is 11.3. The summed E-state index contributed by atoms with van der Waals surface area (Å²) >= 11 is 0. The van der Waals surface area contributed by atoms with Crippen molar-refractivity contribution in [1.29, 1.82) is 0 Å². The van der Waals surface area contributed by atoms with E-state index in [0.717, 1.165) is 0 Å². The van der Waals surface area contributed by atoms with E-state index in [4.69, 9.17) is 0 Å². The molecule has 0 atom stereocenters. The number of nitrogens with zero attached hydrogens (tertiary/aromatic N) is 1. The fraction of sp³-hybridized carbons (Fsp3) is 0.0833. The first-order valence-corrected chi connectivity index (χ1v) is 6.66. The van der Waals surface area contributed by atoms with Gasteiger partial charge in [-0.05, 0) is 18.2 Å². The molecule has 0 unspecified atom stereocenters. The zero-order valence-corrected chi connectivity index (χ0v) is 9.61.